The van der Waals surface area contributed by atoms with Crippen molar-refractivity contribution in [2.24, 2.45) is 0 Å². The molecule has 144 valence electrons. The average molecular weight is 377 g/mol. The van der Waals surface area contributed by atoms with Gasteiger partial charge in [0.2, 0.25) is 0 Å². The lowest BCUT2D eigenvalue weighted by atomic mass is 10.0. The van der Waals surface area contributed by atoms with Crippen LogP contribution in [0.2, 0.25) is 0 Å². The number of methoxy groups -OCH3 is 1. The van der Waals surface area contributed by atoms with Crippen molar-refractivity contribution < 1.29 is 9.84 Å². The highest BCUT2D eigenvalue weighted by Crippen LogP contribution is 2.37. The zero-order valence-electron chi connectivity index (χ0n) is 16.6. The van der Waals surface area contributed by atoms with E-state index in [0.717, 1.165) is 28.2 Å². The van der Waals surface area contributed by atoms with Crippen LogP contribution in [0.1, 0.15) is 30.9 Å². The first-order chi connectivity index (χ1) is 13.3. The van der Waals surface area contributed by atoms with Gasteiger partial charge in [0.15, 0.2) is 5.65 Å². The summed E-state index contributed by atoms with van der Waals surface area (Å²) in [5.41, 5.74) is 4.66. The molecule has 7 heteroatoms. The summed E-state index contributed by atoms with van der Waals surface area (Å²) in [5, 5.41) is 19.5. The molecule has 4 aromatic rings. The van der Waals surface area contributed by atoms with Crippen molar-refractivity contribution in [1.29, 1.82) is 0 Å². The van der Waals surface area contributed by atoms with E-state index in [1.165, 1.54) is 0 Å². The van der Waals surface area contributed by atoms with Gasteiger partial charge in [0.25, 0.3) is 0 Å². The lowest BCUT2D eigenvalue weighted by Gasteiger charge is -2.19. The van der Waals surface area contributed by atoms with Crippen LogP contribution in [0.25, 0.3) is 22.5 Å². The third-order valence-corrected chi connectivity index (χ3v) is 4.74. The molecule has 1 N–H and O–H groups in total. The highest BCUT2D eigenvalue weighted by Gasteiger charge is 2.25. The van der Waals surface area contributed by atoms with Crippen LogP contribution in [0.4, 0.5) is 0 Å². The van der Waals surface area contributed by atoms with Gasteiger partial charge in [-0.1, -0.05) is 0 Å². The standard InChI is InChI=1S/C21H23N5O2/c1-13-11-18(21(3,4)27)26-20(23-13)19(14(2)24-26)16-8-7-15(12-17(16)28-5)25-10-6-9-22-25/h6-12,27H,1-5H3. The van der Waals surface area contributed by atoms with Crippen molar-refractivity contribution in [3.05, 3.63) is 59.8 Å². The molecule has 0 aliphatic rings. The summed E-state index contributed by atoms with van der Waals surface area (Å²) < 4.78 is 9.19. The maximum atomic E-state index is 10.6. The number of aliphatic hydroxyl groups is 1. The highest BCUT2D eigenvalue weighted by atomic mass is 16.5. The molecule has 1 aromatic carbocycles. The van der Waals surface area contributed by atoms with E-state index in [0.29, 0.717) is 17.1 Å². The number of hydrogen-bond donors (Lipinski definition) is 1. The quantitative estimate of drug-likeness (QED) is 0.589. The average Bonchev–Trinajstić information content (AvgIpc) is 3.27. The van der Waals surface area contributed by atoms with Crippen molar-refractivity contribution in [3.63, 3.8) is 0 Å². The molecular formula is C21H23N5O2. The van der Waals surface area contributed by atoms with Crippen LogP contribution in [0, 0.1) is 13.8 Å². The second kappa shape index (κ2) is 6.45. The molecule has 0 unspecified atom stereocenters. The Labute approximate surface area is 163 Å². The first-order valence-electron chi connectivity index (χ1n) is 9.08. The first-order valence-corrected chi connectivity index (χ1v) is 9.08. The molecule has 0 fully saturated rings. The Morgan fingerprint density at radius 2 is 1.93 bits per heavy atom. The lowest BCUT2D eigenvalue weighted by molar-refractivity contribution is 0.0712. The maximum Gasteiger partial charge on any atom is 0.163 e. The minimum absolute atomic E-state index is 0.691. The van der Waals surface area contributed by atoms with E-state index in [-0.39, 0.29) is 0 Å². The Morgan fingerprint density at radius 1 is 1.14 bits per heavy atom. The molecule has 0 saturated heterocycles. The molecule has 0 saturated carbocycles. The molecule has 0 aliphatic heterocycles. The van der Waals surface area contributed by atoms with E-state index in [4.69, 9.17) is 9.72 Å². The number of rotatable bonds is 4. The largest absolute Gasteiger partial charge is 0.496 e. The topological polar surface area (TPSA) is 77.5 Å². The second-order valence-electron chi connectivity index (χ2n) is 7.37. The van der Waals surface area contributed by atoms with E-state index in [1.54, 1.807) is 36.4 Å². The third-order valence-electron chi connectivity index (χ3n) is 4.74. The van der Waals surface area contributed by atoms with Gasteiger partial charge in [-0.2, -0.15) is 10.2 Å². The molecular weight excluding hydrogens is 354 g/mol. The minimum Gasteiger partial charge on any atom is -0.496 e. The molecule has 3 aromatic heterocycles. The predicted octanol–water partition coefficient (Wildman–Crippen LogP) is 3.43. The third kappa shape index (κ3) is 2.93. The van der Waals surface area contributed by atoms with Crippen LogP contribution in [-0.2, 0) is 5.60 Å². The molecule has 0 atom stereocenters. The van der Waals surface area contributed by atoms with Gasteiger partial charge in [0, 0.05) is 29.7 Å². The van der Waals surface area contributed by atoms with E-state index in [2.05, 4.69) is 10.2 Å². The lowest BCUT2D eigenvalue weighted by Crippen LogP contribution is -2.21. The number of ether oxygens (including phenoxy) is 1. The second-order valence-corrected chi connectivity index (χ2v) is 7.37. The zero-order valence-corrected chi connectivity index (χ0v) is 16.6. The van der Waals surface area contributed by atoms with Gasteiger partial charge in [-0.05, 0) is 52.0 Å². The summed E-state index contributed by atoms with van der Waals surface area (Å²) in [6.07, 6.45) is 3.62. The molecule has 0 aliphatic carbocycles. The predicted molar refractivity (Wildman–Crippen MR) is 107 cm³/mol. The van der Waals surface area contributed by atoms with Crippen molar-refractivity contribution >= 4 is 5.65 Å². The van der Waals surface area contributed by atoms with Gasteiger partial charge in [-0.3, -0.25) is 0 Å². The number of aromatic nitrogens is 5. The van der Waals surface area contributed by atoms with Gasteiger partial charge in [0.05, 0.1) is 29.7 Å². The summed E-state index contributed by atoms with van der Waals surface area (Å²) in [6, 6.07) is 9.66. The molecule has 7 nitrogen and oxygen atoms in total. The van der Waals surface area contributed by atoms with Gasteiger partial charge < -0.3 is 9.84 Å². The molecule has 3 heterocycles. The summed E-state index contributed by atoms with van der Waals surface area (Å²) >= 11 is 0. The number of benzene rings is 1. The van der Waals surface area contributed by atoms with Gasteiger partial charge in [-0.25, -0.2) is 14.2 Å². The van der Waals surface area contributed by atoms with Crippen LogP contribution in [-0.4, -0.2) is 36.6 Å². The zero-order chi connectivity index (χ0) is 20.1. The Morgan fingerprint density at radius 3 is 2.57 bits per heavy atom. The number of nitrogens with zero attached hydrogens (tertiary/aromatic N) is 5. The molecule has 0 amide bonds. The number of fused-ring (bicyclic) bond motifs is 1. The molecule has 0 radical (unpaired) electrons. The smallest absolute Gasteiger partial charge is 0.163 e. The Bertz CT molecular complexity index is 1150. The van der Waals surface area contributed by atoms with Crippen LogP contribution in [0.3, 0.4) is 0 Å². The van der Waals surface area contributed by atoms with Crippen molar-refractivity contribution in [2.75, 3.05) is 7.11 Å². The van der Waals surface area contributed by atoms with Gasteiger partial charge >= 0.3 is 0 Å². The van der Waals surface area contributed by atoms with Crippen molar-refractivity contribution in [2.45, 2.75) is 33.3 Å². The molecule has 0 bridgehead atoms. The molecule has 4 rings (SSSR count). The van der Waals surface area contributed by atoms with E-state index < -0.39 is 5.60 Å². The van der Waals surface area contributed by atoms with Crippen LogP contribution in [0.5, 0.6) is 5.75 Å². The fourth-order valence-electron chi connectivity index (χ4n) is 3.45. The van der Waals surface area contributed by atoms with Crippen molar-refractivity contribution in [3.8, 4) is 22.6 Å². The van der Waals surface area contributed by atoms with Gasteiger partial charge in [0.1, 0.15) is 11.4 Å². The fraction of sp³-hybridized carbons (Fsp3) is 0.286. The monoisotopic (exact) mass is 377 g/mol. The van der Waals surface area contributed by atoms with E-state index in [1.807, 2.05) is 50.4 Å². The Hall–Kier alpha value is -3.19. The summed E-state index contributed by atoms with van der Waals surface area (Å²) in [6.45, 7) is 7.35. The van der Waals surface area contributed by atoms with Crippen LogP contribution >= 0.6 is 0 Å². The Balaban J connectivity index is 1.97. The number of aryl methyl sites for hydroxylation is 2. The molecule has 28 heavy (non-hydrogen) atoms. The fourth-order valence-corrected chi connectivity index (χ4v) is 3.45. The minimum atomic E-state index is -1.05. The van der Waals surface area contributed by atoms with Crippen LogP contribution in [0.15, 0.2) is 42.7 Å². The summed E-state index contributed by atoms with van der Waals surface area (Å²) in [4.78, 5) is 4.71. The van der Waals surface area contributed by atoms with E-state index >= 15 is 0 Å². The summed E-state index contributed by atoms with van der Waals surface area (Å²) in [7, 11) is 1.65. The van der Waals surface area contributed by atoms with Gasteiger partial charge in [-0.15, -0.1) is 0 Å². The molecule has 0 spiro atoms. The SMILES string of the molecule is COc1cc(-n2cccn2)ccc1-c1c(C)nn2c(C(C)(C)O)cc(C)nc12. The maximum absolute atomic E-state index is 10.6. The number of hydrogen-bond acceptors (Lipinski definition) is 5. The van der Waals surface area contributed by atoms with E-state index in [9.17, 15) is 5.11 Å². The van der Waals surface area contributed by atoms with Crippen molar-refractivity contribution in [1.82, 2.24) is 24.4 Å². The summed E-state index contributed by atoms with van der Waals surface area (Å²) in [5.74, 6) is 0.708. The normalized spacial score (nSPS) is 11.9. The van der Waals surface area contributed by atoms with Crippen LogP contribution < -0.4 is 4.74 Å². The Kier molecular flexibility index (Phi) is 4.19. The first kappa shape index (κ1) is 18.2. The highest BCUT2D eigenvalue weighted by molar-refractivity contribution is 5.84.